The van der Waals surface area contributed by atoms with Crippen LogP contribution < -0.4 is 9.47 Å². The van der Waals surface area contributed by atoms with Gasteiger partial charge in [-0.1, -0.05) is 11.2 Å². The van der Waals surface area contributed by atoms with Crippen molar-refractivity contribution in [3.8, 4) is 11.5 Å². The minimum atomic E-state index is -0.0428. The van der Waals surface area contributed by atoms with E-state index in [2.05, 4.69) is 10.1 Å². The molecule has 1 atom stereocenters. The Morgan fingerprint density at radius 2 is 2.25 bits per heavy atom. The number of carbonyl (C=O) groups is 1. The van der Waals surface area contributed by atoms with Crippen molar-refractivity contribution in [1.29, 1.82) is 0 Å². The van der Waals surface area contributed by atoms with Crippen LogP contribution in [0.25, 0.3) is 0 Å². The summed E-state index contributed by atoms with van der Waals surface area (Å²) in [6.07, 6.45) is 1.86. The van der Waals surface area contributed by atoms with Gasteiger partial charge in [0.25, 0.3) is 5.91 Å². The van der Waals surface area contributed by atoms with Crippen LogP contribution in [0.5, 0.6) is 11.5 Å². The lowest BCUT2D eigenvalue weighted by Gasteiger charge is -2.30. The van der Waals surface area contributed by atoms with Crippen LogP contribution >= 0.6 is 0 Å². The van der Waals surface area contributed by atoms with Crippen molar-refractivity contribution in [2.75, 3.05) is 26.8 Å². The number of ether oxygens (including phenoxy) is 2. The highest BCUT2D eigenvalue weighted by molar-refractivity contribution is 5.78. The molecule has 0 bridgehead atoms. The Labute approximate surface area is 140 Å². The predicted molar refractivity (Wildman–Crippen MR) is 86.1 cm³/mol. The highest BCUT2D eigenvalue weighted by Gasteiger charge is 2.28. The molecule has 0 saturated carbocycles. The maximum Gasteiger partial charge on any atom is 0.260 e. The van der Waals surface area contributed by atoms with Crippen molar-refractivity contribution in [2.45, 2.75) is 25.7 Å². The lowest BCUT2D eigenvalue weighted by molar-refractivity contribution is -0.134. The molecule has 2 heterocycles. The number of piperidine rings is 1. The van der Waals surface area contributed by atoms with Gasteiger partial charge in [-0.3, -0.25) is 4.79 Å². The number of aryl methyl sites for hydroxylation is 1. The van der Waals surface area contributed by atoms with Crippen LogP contribution in [-0.4, -0.2) is 47.8 Å². The standard InChI is InChI=1S/C17H21N3O4/c1-12-18-17(24-19-12)13-5-4-8-20(10-13)16(21)11-23-15-7-3-6-14(9-15)22-2/h3,6-7,9,13H,4-5,8,10-11H2,1-2H3. The maximum atomic E-state index is 12.4. The topological polar surface area (TPSA) is 77.7 Å². The normalized spacial score (nSPS) is 17.6. The number of amides is 1. The molecule has 128 valence electrons. The highest BCUT2D eigenvalue weighted by Crippen LogP contribution is 2.26. The van der Waals surface area contributed by atoms with Gasteiger partial charge in [-0.2, -0.15) is 4.98 Å². The number of methoxy groups -OCH3 is 1. The number of rotatable bonds is 5. The fourth-order valence-corrected chi connectivity index (χ4v) is 2.81. The van der Waals surface area contributed by atoms with Crippen LogP contribution in [0.3, 0.4) is 0 Å². The third kappa shape index (κ3) is 3.84. The van der Waals surface area contributed by atoms with E-state index in [9.17, 15) is 4.79 Å². The number of hydrogen-bond acceptors (Lipinski definition) is 6. The van der Waals surface area contributed by atoms with E-state index >= 15 is 0 Å². The molecule has 1 saturated heterocycles. The maximum absolute atomic E-state index is 12.4. The first kappa shape index (κ1) is 16.3. The van der Waals surface area contributed by atoms with Crippen LogP contribution in [-0.2, 0) is 4.79 Å². The summed E-state index contributed by atoms with van der Waals surface area (Å²) in [5.41, 5.74) is 0. The summed E-state index contributed by atoms with van der Waals surface area (Å²) in [5.74, 6) is 2.60. The first-order valence-electron chi connectivity index (χ1n) is 8.00. The summed E-state index contributed by atoms with van der Waals surface area (Å²) in [6, 6.07) is 7.22. The smallest absolute Gasteiger partial charge is 0.260 e. The summed E-state index contributed by atoms with van der Waals surface area (Å²) in [6.45, 7) is 3.11. The number of likely N-dealkylation sites (tertiary alicyclic amines) is 1. The third-order valence-corrected chi connectivity index (χ3v) is 4.07. The molecule has 0 N–H and O–H groups in total. The molecule has 1 amide bonds. The van der Waals surface area contributed by atoms with Crippen molar-refractivity contribution >= 4 is 5.91 Å². The number of carbonyl (C=O) groups excluding carboxylic acids is 1. The summed E-state index contributed by atoms with van der Waals surface area (Å²) in [4.78, 5) is 18.5. The minimum absolute atomic E-state index is 0.00273. The largest absolute Gasteiger partial charge is 0.497 e. The van der Waals surface area contributed by atoms with Gasteiger partial charge in [0, 0.05) is 19.2 Å². The molecule has 7 heteroatoms. The molecule has 7 nitrogen and oxygen atoms in total. The fraction of sp³-hybridized carbons (Fsp3) is 0.471. The van der Waals surface area contributed by atoms with Gasteiger partial charge in [0.15, 0.2) is 12.4 Å². The zero-order valence-corrected chi connectivity index (χ0v) is 13.9. The minimum Gasteiger partial charge on any atom is -0.497 e. The monoisotopic (exact) mass is 331 g/mol. The van der Waals surface area contributed by atoms with Crippen LogP contribution in [0.2, 0.25) is 0 Å². The Bertz CT molecular complexity index is 701. The number of aromatic nitrogens is 2. The first-order valence-corrected chi connectivity index (χ1v) is 8.00. The van der Waals surface area contributed by atoms with Gasteiger partial charge in [0.1, 0.15) is 11.5 Å². The Hall–Kier alpha value is -2.57. The van der Waals surface area contributed by atoms with Crippen molar-refractivity contribution in [3.05, 3.63) is 36.0 Å². The molecular weight excluding hydrogens is 310 g/mol. The molecule has 1 aromatic carbocycles. The number of hydrogen-bond donors (Lipinski definition) is 0. The zero-order chi connectivity index (χ0) is 16.9. The van der Waals surface area contributed by atoms with Crippen molar-refractivity contribution in [1.82, 2.24) is 15.0 Å². The molecule has 2 aromatic rings. The molecule has 0 aliphatic carbocycles. The van der Waals surface area contributed by atoms with Crippen molar-refractivity contribution in [2.24, 2.45) is 0 Å². The van der Waals surface area contributed by atoms with Crippen LogP contribution in [0.15, 0.2) is 28.8 Å². The Balaban J connectivity index is 1.56. The molecule has 1 unspecified atom stereocenters. The molecule has 1 aliphatic rings. The summed E-state index contributed by atoms with van der Waals surface area (Å²) in [7, 11) is 1.59. The molecule has 3 rings (SSSR count). The van der Waals surface area contributed by atoms with Gasteiger partial charge >= 0.3 is 0 Å². The van der Waals surface area contributed by atoms with Gasteiger partial charge < -0.3 is 18.9 Å². The van der Waals surface area contributed by atoms with E-state index < -0.39 is 0 Å². The molecule has 1 aromatic heterocycles. The van der Waals surface area contributed by atoms with Crippen LogP contribution in [0, 0.1) is 6.92 Å². The summed E-state index contributed by atoms with van der Waals surface area (Å²) < 4.78 is 16.0. The van der Waals surface area contributed by atoms with Gasteiger partial charge in [-0.15, -0.1) is 0 Å². The van der Waals surface area contributed by atoms with E-state index in [0.29, 0.717) is 29.8 Å². The molecule has 24 heavy (non-hydrogen) atoms. The predicted octanol–water partition coefficient (Wildman–Crippen LogP) is 2.17. The Morgan fingerprint density at radius 3 is 3.00 bits per heavy atom. The second-order valence-electron chi connectivity index (χ2n) is 5.83. The fourth-order valence-electron chi connectivity index (χ4n) is 2.81. The van der Waals surface area contributed by atoms with Gasteiger partial charge in [0.05, 0.1) is 13.0 Å². The van der Waals surface area contributed by atoms with Gasteiger partial charge in [0.2, 0.25) is 5.89 Å². The van der Waals surface area contributed by atoms with E-state index in [1.54, 1.807) is 31.1 Å². The van der Waals surface area contributed by atoms with E-state index in [-0.39, 0.29) is 18.4 Å². The van der Waals surface area contributed by atoms with Crippen LogP contribution in [0.1, 0.15) is 30.5 Å². The molecule has 0 radical (unpaired) electrons. The number of nitrogens with zero attached hydrogens (tertiary/aromatic N) is 3. The second kappa shape index (κ2) is 7.33. The number of benzene rings is 1. The van der Waals surface area contributed by atoms with E-state index in [1.165, 1.54) is 0 Å². The Morgan fingerprint density at radius 1 is 1.42 bits per heavy atom. The second-order valence-corrected chi connectivity index (χ2v) is 5.83. The summed E-state index contributed by atoms with van der Waals surface area (Å²) >= 11 is 0. The Kier molecular flexibility index (Phi) is 4.98. The van der Waals surface area contributed by atoms with Crippen LogP contribution in [0.4, 0.5) is 0 Å². The van der Waals surface area contributed by atoms with Gasteiger partial charge in [-0.25, -0.2) is 0 Å². The highest BCUT2D eigenvalue weighted by atomic mass is 16.5. The zero-order valence-electron chi connectivity index (χ0n) is 13.9. The lowest BCUT2D eigenvalue weighted by Crippen LogP contribution is -2.41. The van der Waals surface area contributed by atoms with Crippen molar-refractivity contribution in [3.63, 3.8) is 0 Å². The SMILES string of the molecule is COc1cccc(OCC(=O)N2CCCC(c3nc(C)no3)C2)c1. The molecule has 1 aliphatic heterocycles. The average Bonchev–Trinajstić information content (AvgIpc) is 3.06. The van der Waals surface area contributed by atoms with E-state index in [4.69, 9.17) is 14.0 Å². The van der Waals surface area contributed by atoms with Crippen molar-refractivity contribution < 1.29 is 18.8 Å². The van der Waals surface area contributed by atoms with E-state index in [0.717, 1.165) is 19.4 Å². The molecular formula is C17H21N3O4. The third-order valence-electron chi connectivity index (χ3n) is 4.07. The molecule has 0 spiro atoms. The lowest BCUT2D eigenvalue weighted by atomic mass is 9.98. The first-order chi connectivity index (χ1) is 11.7. The summed E-state index contributed by atoms with van der Waals surface area (Å²) in [5, 5.41) is 3.83. The molecule has 1 fully saturated rings. The quantitative estimate of drug-likeness (QED) is 0.835. The average molecular weight is 331 g/mol. The van der Waals surface area contributed by atoms with E-state index in [1.807, 2.05) is 12.1 Å². The van der Waals surface area contributed by atoms with Gasteiger partial charge in [-0.05, 0) is 31.9 Å².